The zero-order valence-electron chi connectivity index (χ0n) is 12.9. The first-order chi connectivity index (χ1) is 10.4. The van der Waals surface area contributed by atoms with Gasteiger partial charge >= 0.3 is 0 Å². The van der Waals surface area contributed by atoms with Gasteiger partial charge in [0.05, 0.1) is 12.8 Å². The van der Waals surface area contributed by atoms with Crippen LogP contribution in [0.5, 0.6) is 5.75 Å². The highest BCUT2D eigenvalue weighted by molar-refractivity contribution is 7.91. The van der Waals surface area contributed by atoms with Crippen LogP contribution >= 0.6 is 0 Å². The fourth-order valence-electron chi connectivity index (χ4n) is 2.71. The molecule has 1 heterocycles. The lowest BCUT2D eigenvalue weighted by Gasteiger charge is -2.35. The highest BCUT2D eigenvalue weighted by Gasteiger charge is 2.24. The van der Waals surface area contributed by atoms with Gasteiger partial charge in [0, 0.05) is 25.4 Å². The van der Waals surface area contributed by atoms with E-state index in [0.29, 0.717) is 6.54 Å². The number of amides is 1. The zero-order valence-corrected chi connectivity index (χ0v) is 13.7. The van der Waals surface area contributed by atoms with E-state index in [1.54, 1.807) is 7.11 Å². The molecular weight excluding hydrogens is 304 g/mol. The predicted molar refractivity (Wildman–Crippen MR) is 86.1 cm³/mol. The number of nitrogens with one attached hydrogen (secondary N) is 1. The molecule has 122 valence electrons. The van der Waals surface area contributed by atoms with Crippen molar-refractivity contribution in [2.45, 2.75) is 18.9 Å². The SMILES string of the molecule is COc1ccccc1N1CCCC(NC(=O)CS(C)(=O)=O)C1. The molecule has 1 aliphatic heterocycles. The van der Waals surface area contributed by atoms with Gasteiger partial charge in [-0.3, -0.25) is 4.79 Å². The maximum absolute atomic E-state index is 11.8. The maximum atomic E-state index is 11.8. The van der Waals surface area contributed by atoms with Crippen molar-refractivity contribution in [2.24, 2.45) is 0 Å². The minimum absolute atomic E-state index is 0.0482. The number of carbonyl (C=O) groups excluding carboxylic acids is 1. The van der Waals surface area contributed by atoms with Crippen LogP contribution < -0.4 is 15.0 Å². The van der Waals surface area contributed by atoms with Gasteiger partial charge in [0.2, 0.25) is 5.91 Å². The monoisotopic (exact) mass is 326 g/mol. The Morgan fingerprint density at radius 3 is 2.82 bits per heavy atom. The molecular formula is C15H22N2O4S. The Balaban J connectivity index is 2.01. The van der Waals surface area contributed by atoms with Crippen molar-refractivity contribution in [1.82, 2.24) is 5.32 Å². The maximum Gasteiger partial charge on any atom is 0.235 e. The summed E-state index contributed by atoms with van der Waals surface area (Å²) in [5.41, 5.74) is 0.993. The van der Waals surface area contributed by atoms with Crippen molar-refractivity contribution >= 4 is 21.4 Å². The van der Waals surface area contributed by atoms with Crippen LogP contribution in [0.4, 0.5) is 5.69 Å². The van der Waals surface area contributed by atoms with Crippen LogP contribution in [0.2, 0.25) is 0 Å². The molecule has 1 atom stereocenters. The fraction of sp³-hybridized carbons (Fsp3) is 0.533. The molecule has 1 fully saturated rings. The molecule has 1 aliphatic rings. The second-order valence-corrected chi connectivity index (χ2v) is 7.73. The van der Waals surface area contributed by atoms with Gasteiger partial charge in [-0.2, -0.15) is 0 Å². The molecule has 1 N–H and O–H groups in total. The van der Waals surface area contributed by atoms with Crippen LogP contribution in [0.25, 0.3) is 0 Å². The molecule has 1 saturated heterocycles. The molecule has 1 aromatic rings. The molecule has 0 spiro atoms. The van der Waals surface area contributed by atoms with E-state index in [2.05, 4.69) is 10.2 Å². The molecule has 6 nitrogen and oxygen atoms in total. The second kappa shape index (κ2) is 7.00. The number of hydrogen-bond donors (Lipinski definition) is 1. The Labute approximate surface area is 131 Å². The summed E-state index contributed by atoms with van der Waals surface area (Å²) in [5, 5.41) is 2.81. The van der Waals surface area contributed by atoms with Crippen molar-refractivity contribution < 1.29 is 17.9 Å². The highest BCUT2D eigenvalue weighted by atomic mass is 32.2. The summed E-state index contributed by atoms with van der Waals surface area (Å²) >= 11 is 0. The topological polar surface area (TPSA) is 75.7 Å². The number of para-hydroxylation sites is 2. The Morgan fingerprint density at radius 1 is 1.41 bits per heavy atom. The first-order valence-corrected chi connectivity index (χ1v) is 9.30. The number of benzene rings is 1. The molecule has 0 radical (unpaired) electrons. The minimum atomic E-state index is -3.30. The summed E-state index contributed by atoms with van der Waals surface area (Å²) in [6.45, 7) is 1.54. The third-order valence-corrected chi connectivity index (χ3v) is 4.39. The van der Waals surface area contributed by atoms with Gasteiger partial charge in [0.15, 0.2) is 9.84 Å². The van der Waals surface area contributed by atoms with Crippen molar-refractivity contribution in [3.05, 3.63) is 24.3 Å². The Bertz CT molecular complexity index is 630. The molecule has 0 saturated carbocycles. The highest BCUT2D eigenvalue weighted by Crippen LogP contribution is 2.29. The van der Waals surface area contributed by atoms with E-state index in [-0.39, 0.29) is 6.04 Å². The molecule has 0 aromatic heterocycles. The van der Waals surface area contributed by atoms with E-state index in [9.17, 15) is 13.2 Å². The summed E-state index contributed by atoms with van der Waals surface area (Å²) in [6, 6.07) is 7.70. The Kier molecular flexibility index (Phi) is 5.28. The van der Waals surface area contributed by atoms with Crippen LogP contribution in [0, 0.1) is 0 Å². The number of rotatable bonds is 5. The van der Waals surface area contributed by atoms with Crippen molar-refractivity contribution in [2.75, 3.05) is 37.1 Å². The van der Waals surface area contributed by atoms with Crippen molar-refractivity contribution in [3.63, 3.8) is 0 Å². The number of ether oxygens (including phenoxy) is 1. The lowest BCUT2D eigenvalue weighted by molar-refractivity contribution is -0.119. The lowest BCUT2D eigenvalue weighted by Crippen LogP contribution is -2.49. The number of carbonyl (C=O) groups is 1. The largest absolute Gasteiger partial charge is 0.495 e. The number of piperidine rings is 1. The van der Waals surface area contributed by atoms with Crippen LogP contribution in [0.1, 0.15) is 12.8 Å². The zero-order chi connectivity index (χ0) is 16.2. The van der Waals surface area contributed by atoms with Crippen LogP contribution in [-0.4, -0.2) is 52.6 Å². The first kappa shape index (κ1) is 16.6. The molecule has 0 bridgehead atoms. The van der Waals surface area contributed by atoms with Gasteiger partial charge in [-0.25, -0.2) is 8.42 Å². The van der Waals surface area contributed by atoms with Gasteiger partial charge in [0.25, 0.3) is 0 Å². The lowest BCUT2D eigenvalue weighted by atomic mass is 10.0. The number of anilines is 1. The van der Waals surface area contributed by atoms with Gasteiger partial charge in [-0.05, 0) is 25.0 Å². The van der Waals surface area contributed by atoms with Crippen molar-refractivity contribution in [1.29, 1.82) is 0 Å². The van der Waals surface area contributed by atoms with Gasteiger partial charge in [-0.15, -0.1) is 0 Å². The summed E-state index contributed by atoms with van der Waals surface area (Å²) in [5.74, 6) is -0.0991. The standard InChI is InChI=1S/C15H22N2O4S/c1-21-14-8-4-3-7-13(14)17-9-5-6-12(10-17)16-15(18)11-22(2,19)20/h3-4,7-8,12H,5-6,9-11H2,1-2H3,(H,16,18). The molecule has 1 aromatic carbocycles. The molecule has 7 heteroatoms. The predicted octanol–water partition coefficient (Wildman–Crippen LogP) is 0.825. The average molecular weight is 326 g/mol. The van der Waals surface area contributed by atoms with Crippen molar-refractivity contribution in [3.8, 4) is 5.75 Å². The quantitative estimate of drug-likeness (QED) is 0.867. The normalized spacial score (nSPS) is 18.8. The summed E-state index contributed by atoms with van der Waals surface area (Å²) in [7, 11) is -1.66. The number of nitrogens with zero attached hydrogens (tertiary/aromatic N) is 1. The van der Waals surface area contributed by atoms with E-state index < -0.39 is 21.5 Å². The number of methoxy groups -OCH3 is 1. The van der Waals surface area contributed by atoms with E-state index in [1.165, 1.54) is 0 Å². The van der Waals surface area contributed by atoms with E-state index in [1.807, 2.05) is 24.3 Å². The molecule has 0 aliphatic carbocycles. The Hall–Kier alpha value is -1.76. The first-order valence-electron chi connectivity index (χ1n) is 7.24. The molecule has 22 heavy (non-hydrogen) atoms. The summed E-state index contributed by atoms with van der Waals surface area (Å²) in [6.07, 6.45) is 2.84. The van der Waals surface area contributed by atoms with Gasteiger partial charge < -0.3 is 15.0 Å². The summed E-state index contributed by atoms with van der Waals surface area (Å²) in [4.78, 5) is 13.9. The van der Waals surface area contributed by atoms with Crippen LogP contribution in [0.15, 0.2) is 24.3 Å². The van der Waals surface area contributed by atoms with Gasteiger partial charge in [0.1, 0.15) is 11.5 Å². The van der Waals surface area contributed by atoms with Crippen LogP contribution in [-0.2, 0) is 14.6 Å². The minimum Gasteiger partial charge on any atom is -0.495 e. The molecule has 1 amide bonds. The number of hydrogen-bond acceptors (Lipinski definition) is 5. The third-order valence-electron chi connectivity index (χ3n) is 3.61. The summed E-state index contributed by atoms with van der Waals surface area (Å²) < 4.78 is 27.7. The molecule has 1 unspecified atom stereocenters. The van der Waals surface area contributed by atoms with E-state index >= 15 is 0 Å². The molecule has 2 rings (SSSR count). The third kappa shape index (κ3) is 4.62. The smallest absolute Gasteiger partial charge is 0.235 e. The average Bonchev–Trinajstić information content (AvgIpc) is 2.45. The number of sulfone groups is 1. The Morgan fingerprint density at radius 2 is 2.14 bits per heavy atom. The fourth-order valence-corrected chi connectivity index (χ4v) is 3.27. The second-order valence-electron chi connectivity index (χ2n) is 5.59. The van der Waals surface area contributed by atoms with E-state index in [4.69, 9.17) is 4.74 Å². The van der Waals surface area contributed by atoms with Crippen LogP contribution in [0.3, 0.4) is 0 Å². The van der Waals surface area contributed by atoms with Gasteiger partial charge in [-0.1, -0.05) is 12.1 Å². The van der Waals surface area contributed by atoms with E-state index in [0.717, 1.165) is 37.1 Å².